The van der Waals surface area contributed by atoms with E-state index in [1.807, 2.05) is 0 Å². The van der Waals surface area contributed by atoms with Gasteiger partial charge in [-0.15, -0.1) is 0 Å². The summed E-state index contributed by atoms with van der Waals surface area (Å²) in [6, 6.07) is 8.11. The van der Waals surface area contributed by atoms with Crippen LogP contribution in [0.5, 0.6) is 0 Å². The first kappa shape index (κ1) is 22.1. The Kier molecular flexibility index (Phi) is 9.50. The maximum atomic E-state index is 12.4. The van der Waals surface area contributed by atoms with Crippen LogP contribution in [0.2, 0.25) is 6.32 Å². The minimum Gasteiger partial charge on any atom is -0.449 e. The molecule has 1 aromatic rings. The summed E-state index contributed by atoms with van der Waals surface area (Å²) in [6.07, 6.45) is -2.04. The minimum atomic E-state index is -5.00. The Bertz CT molecular complexity index is 473. The molecule has 0 heterocycles. The molecule has 1 rings (SSSR count). The first-order valence-corrected chi connectivity index (χ1v) is 6.84. The standard InChI is InChI=1S/C14H20BF3NO2.K/c1-10(9-15(16,17)18)14(21)19(3)11(2)13(20)12-7-5-4-6-8-12;/h4-8,10-11,13,20H,9H2,1-3H3;/q-1;+1/t10-,11+,13-;/m1./s1. The molecule has 3 atom stereocenters. The predicted molar refractivity (Wildman–Crippen MR) is 76.7 cm³/mol. The van der Waals surface area contributed by atoms with E-state index >= 15 is 0 Å². The van der Waals surface area contributed by atoms with Gasteiger partial charge >= 0.3 is 58.4 Å². The van der Waals surface area contributed by atoms with Crippen LogP contribution in [0.1, 0.15) is 25.5 Å². The molecule has 0 aliphatic heterocycles. The number of aliphatic hydroxyl groups is 1. The Morgan fingerprint density at radius 1 is 1.23 bits per heavy atom. The fourth-order valence-electron chi connectivity index (χ4n) is 2.19. The van der Waals surface area contributed by atoms with Crippen molar-refractivity contribution in [1.29, 1.82) is 0 Å². The number of benzene rings is 1. The zero-order chi connectivity index (χ0) is 16.2. The van der Waals surface area contributed by atoms with Crippen LogP contribution in [0.25, 0.3) is 0 Å². The molecule has 1 aromatic carbocycles. The third-order valence-electron chi connectivity index (χ3n) is 3.60. The number of nitrogens with zero attached hydrogens (tertiary/aromatic N) is 1. The molecule has 0 aliphatic carbocycles. The van der Waals surface area contributed by atoms with Gasteiger partial charge in [-0.05, 0) is 12.5 Å². The quantitative estimate of drug-likeness (QED) is 0.743. The van der Waals surface area contributed by atoms with Gasteiger partial charge in [0.25, 0.3) is 0 Å². The summed E-state index contributed by atoms with van der Waals surface area (Å²) in [6.45, 7) is -2.13. The van der Waals surface area contributed by atoms with Gasteiger partial charge in [-0.2, -0.15) is 0 Å². The molecule has 22 heavy (non-hydrogen) atoms. The first-order chi connectivity index (χ1) is 9.63. The van der Waals surface area contributed by atoms with Crippen molar-refractivity contribution in [3.05, 3.63) is 35.9 Å². The van der Waals surface area contributed by atoms with Gasteiger partial charge in [-0.25, -0.2) is 0 Å². The Balaban J connectivity index is 0.00000441. The second kappa shape index (κ2) is 9.44. The molecule has 0 radical (unpaired) electrons. The zero-order valence-electron chi connectivity index (χ0n) is 13.3. The van der Waals surface area contributed by atoms with E-state index in [4.69, 9.17) is 0 Å². The Morgan fingerprint density at radius 3 is 2.18 bits per heavy atom. The second-order valence-corrected chi connectivity index (χ2v) is 5.39. The molecular weight excluding hydrogens is 321 g/mol. The molecule has 1 amide bonds. The minimum absolute atomic E-state index is 0. The van der Waals surface area contributed by atoms with Crippen molar-refractivity contribution in [2.24, 2.45) is 5.92 Å². The monoisotopic (exact) mass is 341 g/mol. The third-order valence-corrected chi connectivity index (χ3v) is 3.60. The van der Waals surface area contributed by atoms with Crippen LogP contribution < -0.4 is 51.4 Å². The maximum Gasteiger partial charge on any atom is 1.00 e. The van der Waals surface area contributed by atoms with E-state index in [1.54, 1.807) is 37.3 Å². The molecule has 0 saturated heterocycles. The van der Waals surface area contributed by atoms with Crippen molar-refractivity contribution < 1.29 is 74.2 Å². The maximum absolute atomic E-state index is 12.4. The van der Waals surface area contributed by atoms with Gasteiger partial charge in [0.1, 0.15) is 0 Å². The van der Waals surface area contributed by atoms with Gasteiger partial charge in [0.2, 0.25) is 5.91 Å². The van der Waals surface area contributed by atoms with E-state index in [2.05, 4.69) is 0 Å². The number of hydrogen-bond donors (Lipinski definition) is 1. The molecular formula is C14H20BF3KNO2. The number of carbonyl (C=O) groups is 1. The largest absolute Gasteiger partial charge is 1.00 e. The Hall–Kier alpha value is 0.141. The number of amides is 1. The predicted octanol–water partition coefficient (Wildman–Crippen LogP) is 0.0544. The van der Waals surface area contributed by atoms with Crippen LogP contribution in [-0.2, 0) is 4.79 Å². The molecule has 0 fully saturated rings. The van der Waals surface area contributed by atoms with Gasteiger partial charge < -0.3 is 23.0 Å². The smallest absolute Gasteiger partial charge is 0.449 e. The van der Waals surface area contributed by atoms with Crippen molar-refractivity contribution in [2.45, 2.75) is 32.3 Å². The summed E-state index contributed by atoms with van der Waals surface area (Å²) in [7, 11) is 1.42. The van der Waals surface area contributed by atoms with Crippen LogP contribution in [0.15, 0.2) is 30.3 Å². The van der Waals surface area contributed by atoms with E-state index in [-0.39, 0.29) is 51.4 Å². The van der Waals surface area contributed by atoms with E-state index in [1.165, 1.54) is 18.9 Å². The molecule has 8 heteroatoms. The number of carbonyl (C=O) groups excluding carboxylic acids is 1. The summed E-state index contributed by atoms with van der Waals surface area (Å²) in [5.41, 5.74) is 0.623. The third kappa shape index (κ3) is 6.72. The summed E-state index contributed by atoms with van der Waals surface area (Å²) in [5, 5.41) is 10.2. The van der Waals surface area contributed by atoms with Gasteiger partial charge in [0, 0.05) is 13.0 Å². The van der Waals surface area contributed by atoms with Crippen molar-refractivity contribution in [3.63, 3.8) is 0 Å². The molecule has 0 saturated carbocycles. The number of likely N-dealkylation sites (N-methyl/N-ethyl adjacent to an activating group) is 1. The fraction of sp³-hybridized carbons (Fsp3) is 0.500. The first-order valence-electron chi connectivity index (χ1n) is 6.84. The van der Waals surface area contributed by atoms with Gasteiger partial charge in [-0.3, -0.25) is 4.79 Å². The second-order valence-electron chi connectivity index (χ2n) is 5.39. The van der Waals surface area contributed by atoms with E-state index in [0.717, 1.165) is 0 Å². The number of rotatable bonds is 6. The average molecular weight is 341 g/mol. The molecule has 0 bridgehead atoms. The topological polar surface area (TPSA) is 40.5 Å². The molecule has 118 valence electrons. The molecule has 1 N–H and O–H groups in total. The fourth-order valence-corrected chi connectivity index (χ4v) is 2.19. The van der Waals surface area contributed by atoms with E-state index in [0.29, 0.717) is 5.56 Å². The van der Waals surface area contributed by atoms with Crippen LogP contribution >= 0.6 is 0 Å². The van der Waals surface area contributed by atoms with Crippen LogP contribution in [0.3, 0.4) is 0 Å². The number of halogens is 3. The molecule has 0 aromatic heterocycles. The molecule has 0 unspecified atom stereocenters. The normalized spacial score (nSPS) is 15.4. The number of aliphatic hydroxyl groups excluding tert-OH is 1. The van der Waals surface area contributed by atoms with Crippen molar-refractivity contribution in [2.75, 3.05) is 7.05 Å². The Labute approximate surface area is 171 Å². The van der Waals surface area contributed by atoms with Crippen molar-refractivity contribution in [1.82, 2.24) is 4.90 Å². The SMILES string of the molecule is C[C@H](C[B-](F)(F)F)C(=O)N(C)[C@@H](C)[C@@H](O)c1ccccc1.[K+]. The van der Waals surface area contributed by atoms with Gasteiger partial charge in [0.05, 0.1) is 12.1 Å². The van der Waals surface area contributed by atoms with Gasteiger partial charge in [0.15, 0.2) is 0 Å². The van der Waals surface area contributed by atoms with Crippen molar-refractivity contribution in [3.8, 4) is 0 Å². The van der Waals surface area contributed by atoms with E-state index in [9.17, 15) is 22.8 Å². The average Bonchev–Trinajstić information content (AvgIpc) is 2.43. The number of hydrogen-bond acceptors (Lipinski definition) is 2. The zero-order valence-corrected chi connectivity index (χ0v) is 16.5. The molecule has 3 nitrogen and oxygen atoms in total. The summed E-state index contributed by atoms with van der Waals surface area (Å²) in [5.74, 6) is -1.75. The molecule has 0 aliphatic rings. The van der Waals surface area contributed by atoms with E-state index < -0.39 is 37.3 Å². The van der Waals surface area contributed by atoms with Crippen molar-refractivity contribution >= 4 is 12.9 Å². The van der Waals surface area contributed by atoms with Crippen LogP contribution in [-0.4, -0.2) is 36.0 Å². The van der Waals surface area contributed by atoms with Crippen LogP contribution in [0, 0.1) is 5.92 Å². The Morgan fingerprint density at radius 2 is 1.73 bits per heavy atom. The van der Waals surface area contributed by atoms with Gasteiger partial charge in [-0.1, -0.05) is 43.6 Å². The van der Waals surface area contributed by atoms with Crippen LogP contribution in [0.4, 0.5) is 12.9 Å². The summed E-state index contributed by atoms with van der Waals surface area (Å²) < 4.78 is 37.2. The summed E-state index contributed by atoms with van der Waals surface area (Å²) >= 11 is 0. The summed E-state index contributed by atoms with van der Waals surface area (Å²) in [4.78, 5) is 13.2. The molecule has 0 spiro atoms.